The fourth-order valence-electron chi connectivity index (χ4n) is 1.75. The van der Waals surface area contributed by atoms with Crippen LogP contribution < -0.4 is 11.1 Å². The number of nitrogens with one attached hydrogen (secondary N) is 1. The van der Waals surface area contributed by atoms with Gasteiger partial charge < -0.3 is 11.1 Å². The van der Waals surface area contributed by atoms with Crippen LogP contribution in [0.25, 0.3) is 0 Å². The Hall–Kier alpha value is -1.88. The van der Waals surface area contributed by atoms with Crippen molar-refractivity contribution >= 4 is 33.3 Å². The summed E-state index contributed by atoms with van der Waals surface area (Å²) in [5.74, 6) is 0.301. The Morgan fingerprint density at radius 1 is 1.26 bits per heavy atom. The van der Waals surface area contributed by atoms with Gasteiger partial charge in [0.15, 0.2) is 0 Å². The van der Waals surface area contributed by atoms with Crippen LogP contribution in [-0.4, -0.2) is 10.9 Å². The normalized spacial score (nSPS) is 10.3. The predicted octanol–water partition coefficient (Wildman–Crippen LogP) is 3.30. The molecule has 0 bridgehead atoms. The second-order valence-electron chi connectivity index (χ2n) is 4.35. The lowest BCUT2D eigenvalue weighted by molar-refractivity contribution is 0.102. The van der Waals surface area contributed by atoms with Gasteiger partial charge in [0.05, 0.1) is 5.69 Å². The summed E-state index contributed by atoms with van der Waals surface area (Å²) in [5, 5.41) is 2.75. The number of nitrogens with zero attached hydrogens (tertiary/aromatic N) is 1. The number of rotatable bonds is 2. The Labute approximate surface area is 120 Å². The van der Waals surface area contributed by atoms with Crippen molar-refractivity contribution in [1.82, 2.24) is 4.98 Å². The highest BCUT2D eigenvalue weighted by atomic mass is 79.9. The summed E-state index contributed by atoms with van der Waals surface area (Å²) in [6.45, 7) is 3.76. The lowest BCUT2D eigenvalue weighted by atomic mass is 10.1. The van der Waals surface area contributed by atoms with Gasteiger partial charge in [-0.25, -0.2) is 4.98 Å². The van der Waals surface area contributed by atoms with Gasteiger partial charge in [0, 0.05) is 15.7 Å². The molecule has 0 unspecified atom stereocenters. The number of amides is 1. The summed E-state index contributed by atoms with van der Waals surface area (Å²) in [6, 6.07) is 8.85. The first-order valence-corrected chi connectivity index (χ1v) is 6.56. The highest BCUT2D eigenvalue weighted by Crippen LogP contribution is 2.17. The maximum atomic E-state index is 12.1. The van der Waals surface area contributed by atoms with Crippen molar-refractivity contribution in [3.05, 3.63) is 51.6 Å². The zero-order valence-corrected chi connectivity index (χ0v) is 12.3. The Kier molecular flexibility index (Phi) is 3.85. The number of carbonyl (C=O) groups excluding carboxylic acids is 1. The molecule has 19 heavy (non-hydrogen) atoms. The Morgan fingerprint density at radius 3 is 2.63 bits per heavy atom. The number of nitrogen functional groups attached to an aromatic ring is 1. The minimum absolute atomic E-state index is 0.218. The van der Waals surface area contributed by atoms with Gasteiger partial charge in [0.2, 0.25) is 0 Å². The third kappa shape index (κ3) is 3.32. The highest BCUT2D eigenvalue weighted by molar-refractivity contribution is 9.10. The first-order valence-electron chi connectivity index (χ1n) is 5.77. The highest BCUT2D eigenvalue weighted by Gasteiger charge is 2.08. The van der Waals surface area contributed by atoms with E-state index in [0.717, 1.165) is 15.7 Å². The molecule has 5 heteroatoms. The molecular weight excluding hydrogens is 306 g/mol. The van der Waals surface area contributed by atoms with Gasteiger partial charge in [0.25, 0.3) is 5.91 Å². The standard InChI is InChI=1S/C14H14BrN3O/c1-8-5-10(7-11(16)6-8)14(19)18-13-4-3-12(15)9(2)17-13/h3-7H,16H2,1-2H3,(H,17,18,19). The van der Waals surface area contributed by atoms with Crippen LogP contribution in [0.2, 0.25) is 0 Å². The van der Waals surface area contributed by atoms with Gasteiger partial charge in [-0.2, -0.15) is 0 Å². The summed E-state index contributed by atoms with van der Waals surface area (Å²) in [7, 11) is 0. The lowest BCUT2D eigenvalue weighted by Gasteiger charge is -2.07. The molecule has 0 saturated carbocycles. The smallest absolute Gasteiger partial charge is 0.256 e. The lowest BCUT2D eigenvalue weighted by Crippen LogP contribution is -2.13. The maximum Gasteiger partial charge on any atom is 0.256 e. The van der Waals surface area contributed by atoms with Gasteiger partial charge in [-0.1, -0.05) is 0 Å². The molecular formula is C14H14BrN3O. The first kappa shape index (κ1) is 13.5. The zero-order valence-electron chi connectivity index (χ0n) is 10.7. The average molecular weight is 320 g/mol. The molecule has 1 aromatic heterocycles. The number of hydrogen-bond acceptors (Lipinski definition) is 3. The number of carbonyl (C=O) groups is 1. The number of halogens is 1. The summed E-state index contributed by atoms with van der Waals surface area (Å²) in [6.07, 6.45) is 0. The van der Waals surface area contributed by atoms with Crippen molar-refractivity contribution in [3.8, 4) is 0 Å². The van der Waals surface area contributed by atoms with Crippen LogP contribution in [0.15, 0.2) is 34.8 Å². The topological polar surface area (TPSA) is 68.0 Å². The predicted molar refractivity (Wildman–Crippen MR) is 80.2 cm³/mol. The van der Waals surface area contributed by atoms with Crippen LogP contribution in [0.4, 0.5) is 11.5 Å². The van der Waals surface area contributed by atoms with E-state index in [9.17, 15) is 4.79 Å². The van der Waals surface area contributed by atoms with Gasteiger partial charge >= 0.3 is 0 Å². The molecule has 4 nitrogen and oxygen atoms in total. The number of aromatic nitrogens is 1. The Balaban J connectivity index is 2.22. The molecule has 2 rings (SSSR count). The number of nitrogens with two attached hydrogens (primary N) is 1. The largest absolute Gasteiger partial charge is 0.399 e. The molecule has 3 N–H and O–H groups in total. The molecule has 0 saturated heterocycles. The van der Waals surface area contributed by atoms with Crippen LogP contribution in [0.3, 0.4) is 0 Å². The zero-order chi connectivity index (χ0) is 14.0. The molecule has 98 valence electrons. The van der Waals surface area contributed by atoms with E-state index in [1.165, 1.54) is 0 Å². The van der Waals surface area contributed by atoms with Crippen molar-refractivity contribution in [2.75, 3.05) is 11.1 Å². The van der Waals surface area contributed by atoms with Gasteiger partial charge in [-0.05, 0) is 65.7 Å². The van der Waals surface area contributed by atoms with Crippen molar-refractivity contribution < 1.29 is 4.79 Å². The summed E-state index contributed by atoms with van der Waals surface area (Å²) in [4.78, 5) is 16.4. The van der Waals surface area contributed by atoms with E-state index in [0.29, 0.717) is 17.1 Å². The molecule has 2 aromatic rings. The monoisotopic (exact) mass is 319 g/mol. The first-order chi connectivity index (χ1) is 8.95. The molecule has 1 aromatic carbocycles. The molecule has 0 aliphatic rings. The second-order valence-corrected chi connectivity index (χ2v) is 5.20. The van der Waals surface area contributed by atoms with E-state index in [4.69, 9.17) is 5.73 Å². The number of anilines is 2. The molecule has 0 aliphatic carbocycles. The molecule has 0 atom stereocenters. The van der Waals surface area contributed by atoms with Crippen LogP contribution in [0.1, 0.15) is 21.6 Å². The van der Waals surface area contributed by atoms with E-state index in [1.807, 2.05) is 26.0 Å². The van der Waals surface area contributed by atoms with E-state index in [-0.39, 0.29) is 5.91 Å². The van der Waals surface area contributed by atoms with E-state index >= 15 is 0 Å². The molecule has 1 heterocycles. The third-order valence-electron chi connectivity index (χ3n) is 2.62. The van der Waals surface area contributed by atoms with Crippen molar-refractivity contribution in [3.63, 3.8) is 0 Å². The Bertz CT molecular complexity index is 620. The molecule has 0 fully saturated rings. The fraction of sp³-hybridized carbons (Fsp3) is 0.143. The maximum absolute atomic E-state index is 12.1. The third-order valence-corrected chi connectivity index (χ3v) is 3.46. The summed E-state index contributed by atoms with van der Waals surface area (Å²) in [5.41, 5.74) is 8.60. The SMILES string of the molecule is Cc1cc(N)cc(C(=O)Nc2ccc(Br)c(C)n2)c1. The van der Waals surface area contributed by atoms with Gasteiger partial charge in [-0.15, -0.1) is 0 Å². The summed E-state index contributed by atoms with van der Waals surface area (Å²) >= 11 is 3.37. The number of benzene rings is 1. The number of aryl methyl sites for hydroxylation is 2. The van der Waals surface area contributed by atoms with Gasteiger partial charge in [0.1, 0.15) is 5.82 Å². The second kappa shape index (κ2) is 5.40. The average Bonchev–Trinajstić information content (AvgIpc) is 2.32. The molecule has 0 aliphatic heterocycles. The van der Waals surface area contributed by atoms with E-state index < -0.39 is 0 Å². The van der Waals surface area contributed by atoms with Crippen LogP contribution in [0, 0.1) is 13.8 Å². The fourth-order valence-corrected chi connectivity index (χ4v) is 1.97. The van der Waals surface area contributed by atoms with Crippen molar-refractivity contribution in [1.29, 1.82) is 0 Å². The number of hydrogen-bond donors (Lipinski definition) is 2. The number of pyridine rings is 1. The van der Waals surface area contributed by atoms with E-state index in [2.05, 4.69) is 26.2 Å². The quantitative estimate of drug-likeness (QED) is 0.834. The molecule has 0 radical (unpaired) electrons. The van der Waals surface area contributed by atoms with E-state index in [1.54, 1.807) is 18.2 Å². The minimum Gasteiger partial charge on any atom is -0.399 e. The minimum atomic E-state index is -0.218. The van der Waals surface area contributed by atoms with Crippen LogP contribution >= 0.6 is 15.9 Å². The molecule has 1 amide bonds. The summed E-state index contributed by atoms with van der Waals surface area (Å²) < 4.78 is 0.908. The Morgan fingerprint density at radius 2 is 2.00 bits per heavy atom. The van der Waals surface area contributed by atoms with Crippen molar-refractivity contribution in [2.24, 2.45) is 0 Å². The van der Waals surface area contributed by atoms with Crippen molar-refractivity contribution in [2.45, 2.75) is 13.8 Å². The molecule has 0 spiro atoms. The van der Waals surface area contributed by atoms with Crippen LogP contribution in [-0.2, 0) is 0 Å². The van der Waals surface area contributed by atoms with Gasteiger partial charge in [-0.3, -0.25) is 4.79 Å². The van der Waals surface area contributed by atoms with Crippen LogP contribution in [0.5, 0.6) is 0 Å².